The molecular weight excluding hydrogens is 370 g/mol. The summed E-state index contributed by atoms with van der Waals surface area (Å²) >= 11 is 7.29. The number of furan rings is 1. The van der Waals surface area contributed by atoms with Gasteiger partial charge in [-0.3, -0.25) is 5.41 Å². The van der Waals surface area contributed by atoms with Crippen LogP contribution in [0.25, 0.3) is 11.3 Å². The third-order valence-electron chi connectivity index (χ3n) is 3.24. The van der Waals surface area contributed by atoms with Crippen LogP contribution in [-0.4, -0.2) is 28.7 Å². The SMILES string of the molecule is CSC(=N)c1nc(Cl)c(-c2ccccc2)n1S(=O)(=O)c1ccco1. The van der Waals surface area contributed by atoms with Gasteiger partial charge in [0.1, 0.15) is 10.7 Å². The van der Waals surface area contributed by atoms with Crippen LogP contribution in [0.5, 0.6) is 0 Å². The van der Waals surface area contributed by atoms with E-state index in [-0.39, 0.29) is 26.8 Å². The zero-order valence-electron chi connectivity index (χ0n) is 12.4. The van der Waals surface area contributed by atoms with Crippen molar-refractivity contribution in [3.63, 3.8) is 0 Å². The standard InChI is InChI=1S/C15H12ClN3O3S2/c1-23-14(17)15-18-13(16)12(10-6-3-2-4-7-10)19(15)24(20,21)11-8-5-9-22-11/h2-9,17H,1H3. The number of imidazole rings is 1. The zero-order valence-corrected chi connectivity index (χ0v) is 14.8. The molecule has 0 amide bonds. The molecule has 0 bridgehead atoms. The molecule has 0 atom stereocenters. The van der Waals surface area contributed by atoms with Gasteiger partial charge in [-0.15, -0.1) is 11.8 Å². The molecule has 2 aromatic heterocycles. The van der Waals surface area contributed by atoms with E-state index in [0.717, 1.165) is 15.7 Å². The number of benzene rings is 1. The monoisotopic (exact) mass is 381 g/mol. The molecule has 3 aromatic rings. The maximum Gasteiger partial charge on any atom is 0.303 e. The van der Waals surface area contributed by atoms with E-state index in [2.05, 4.69) is 4.98 Å². The van der Waals surface area contributed by atoms with Gasteiger partial charge in [-0.2, -0.15) is 8.42 Å². The lowest BCUT2D eigenvalue weighted by Gasteiger charge is -2.11. The molecular formula is C15H12ClN3O3S2. The maximum atomic E-state index is 13.0. The smallest absolute Gasteiger partial charge is 0.303 e. The molecule has 3 rings (SSSR count). The van der Waals surface area contributed by atoms with Crippen molar-refractivity contribution in [2.24, 2.45) is 0 Å². The number of halogens is 1. The van der Waals surface area contributed by atoms with Crippen molar-refractivity contribution in [1.82, 2.24) is 8.96 Å². The van der Waals surface area contributed by atoms with Gasteiger partial charge in [-0.05, 0) is 18.4 Å². The number of hydrogen-bond donors (Lipinski definition) is 1. The van der Waals surface area contributed by atoms with Crippen LogP contribution in [0.15, 0.2) is 58.2 Å². The van der Waals surface area contributed by atoms with Crippen molar-refractivity contribution in [3.8, 4) is 11.3 Å². The molecule has 6 nitrogen and oxygen atoms in total. The largest absolute Gasteiger partial charge is 0.451 e. The Bertz CT molecular complexity index is 981. The highest BCUT2D eigenvalue weighted by molar-refractivity contribution is 8.13. The fourth-order valence-electron chi connectivity index (χ4n) is 2.18. The van der Waals surface area contributed by atoms with Gasteiger partial charge >= 0.3 is 10.0 Å². The molecule has 124 valence electrons. The van der Waals surface area contributed by atoms with E-state index >= 15 is 0 Å². The van der Waals surface area contributed by atoms with Crippen LogP contribution in [0, 0.1) is 5.41 Å². The van der Waals surface area contributed by atoms with E-state index in [4.69, 9.17) is 21.4 Å². The average Bonchev–Trinajstić information content (AvgIpc) is 3.23. The minimum Gasteiger partial charge on any atom is -0.451 e. The summed E-state index contributed by atoms with van der Waals surface area (Å²) in [5, 5.41) is 7.76. The van der Waals surface area contributed by atoms with Crippen molar-refractivity contribution in [2.75, 3.05) is 6.26 Å². The Kier molecular flexibility index (Phi) is 4.53. The van der Waals surface area contributed by atoms with Crippen molar-refractivity contribution >= 4 is 38.4 Å². The Labute approximate surface area is 148 Å². The first-order valence-electron chi connectivity index (χ1n) is 6.72. The summed E-state index contributed by atoms with van der Waals surface area (Å²) in [5.74, 6) is -0.0530. The number of nitrogens with one attached hydrogen (secondary N) is 1. The molecule has 9 heteroatoms. The zero-order chi connectivity index (χ0) is 17.3. The van der Waals surface area contributed by atoms with Gasteiger partial charge in [-0.1, -0.05) is 41.9 Å². The number of aromatic nitrogens is 2. The normalized spacial score (nSPS) is 11.6. The number of thioether (sulfide) groups is 1. The quantitative estimate of drug-likeness (QED) is 0.549. The molecule has 0 saturated carbocycles. The van der Waals surface area contributed by atoms with Gasteiger partial charge in [-0.25, -0.2) is 8.96 Å². The first kappa shape index (κ1) is 16.8. The highest BCUT2D eigenvalue weighted by atomic mass is 35.5. The summed E-state index contributed by atoms with van der Waals surface area (Å²) in [7, 11) is -4.09. The van der Waals surface area contributed by atoms with Crippen LogP contribution in [0.3, 0.4) is 0 Å². The van der Waals surface area contributed by atoms with Crippen molar-refractivity contribution in [2.45, 2.75) is 5.09 Å². The van der Waals surface area contributed by atoms with E-state index in [9.17, 15) is 8.42 Å². The summed E-state index contributed by atoms with van der Waals surface area (Å²) in [6, 6.07) is 11.6. The van der Waals surface area contributed by atoms with Gasteiger partial charge in [0.25, 0.3) is 0 Å². The van der Waals surface area contributed by atoms with Crippen molar-refractivity contribution < 1.29 is 12.8 Å². The van der Waals surface area contributed by atoms with E-state index in [1.165, 1.54) is 18.4 Å². The molecule has 1 N–H and O–H groups in total. The van der Waals surface area contributed by atoms with Gasteiger partial charge < -0.3 is 4.42 Å². The van der Waals surface area contributed by atoms with Gasteiger partial charge in [0.15, 0.2) is 11.0 Å². The molecule has 0 radical (unpaired) electrons. The lowest BCUT2D eigenvalue weighted by atomic mass is 10.2. The second-order valence-corrected chi connectivity index (χ2v) is 7.57. The summed E-state index contributed by atoms with van der Waals surface area (Å²) in [6.07, 6.45) is 2.93. The lowest BCUT2D eigenvalue weighted by Crippen LogP contribution is -2.18. The topological polar surface area (TPSA) is 89.0 Å². The number of rotatable bonds is 4. The van der Waals surface area contributed by atoms with Gasteiger partial charge in [0.2, 0.25) is 5.09 Å². The van der Waals surface area contributed by atoms with Crippen LogP contribution in [0.4, 0.5) is 0 Å². The molecule has 0 aliphatic carbocycles. The molecule has 0 aliphatic rings. The van der Waals surface area contributed by atoms with Crippen LogP contribution in [-0.2, 0) is 10.0 Å². The molecule has 0 spiro atoms. The Balaban J connectivity index is 2.36. The van der Waals surface area contributed by atoms with Gasteiger partial charge in [0, 0.05) is 5.56 Å². The van der Waals surface area contributed by atoms with Crippen LogP contribution in [0.2, 0.25) is 5.15 Å². The van der Waals surface area contributed by atoms with Crippen molar-refractivity contribution in [1.29, 1.82) is 5.41 Å². The molecule has 0 unspecified atom stereocenters. The van der Waals surface area contributed by atoms with Crippen molar-refractivity contribution in [3.05, 3.63) is 59.7 Å². The molecule has 2 heterocycles. The fourth-order valence-corrected chi connectivity index (χ4v) is 4.28. The molecule has 24 heavy (non-hydrogen) atoms. The van der Waals surface area contributed by atoms with E-state index in [1.54, 1.807) is 30.5 Å². The van der Waals surface area contributed by atoms with E-state index < -0.39 is 10.0 Å². The first-order chi connectivity index (χ1) is 11.5. The Morgan fingerprint density at radius 2 is 1.96 bits per heavy atom. The van der Waals surface area contributed by atoms with Crippen LogP contribution < -0.4 is 0 Å². The highest BCUT2D eigenvalue weighted by Gasteiger charge is 2.31. The average molecular weight is 382 g/mol. The summed E-state index contributed by atoms with van der Waals surface area (Å²) in [4.78, 5) is 4.10. The van der Waals surface area contributed by atoms with E-state index in [1.807, 2.05) is 6.07 Å². The maximum absolute atomic E-state index is 13.0. The minimum absolute atomic E-state index is 0.00475. The summed E-state index contributed by atoms with van der Waals surface area (Å²) < 4.78 is 32.0. The highest BCUT2D eigenvalue weighted by Crippen LogP contribution is 2.33. The first-order valence-corrected chi connectivity index (χ1v) is 9.76. The fraction of sp³-hybridized carbons (Fsp3) is 0.0667. The van der Waals surface area contributed by atoms with Crippen LogP contribution in [0.1, 0.15) is 5.82 Å². The second-order valence-electron chi connectivity index (χ2n) is 4.68. The minimum atomic E-state index is -4.09. The summed E-state index contributed by atoms with van der Waals surface area (Å²) in [5.41, 5.74) is 0.771. The third kappa shape index (κ3) is 2.77. The molecule has 0 fully saturated rings. The number of hydrogen-bond acceptors (Lipinski definition) is 6. The summed E-state index contributed by atoms with van der Waals surface area (Å²) in [6.45, 7) is 0. The lowest BCUT2D eigenvalue weighted by molar-refractivity contribution is 0.447. The predicted molar refractivity (Wildman–Crippen MR) is 94.3 cm³/mol. The molecule has 0 saturated heterocycles. The Morgan fingerprint density at radius 3 is 2.54 bits per heavy atom. The predicted octanol–water partition coefficient (Wildman–Crippen LogP) is 3.72. The molecule has 1 aromatic carbocycles. The Morgan fingerprint density at radius 1 is 1.25 bits per heavy atom. The second kappa shape index (κ2) is 6.46. The van der Waals surface area contributed by atoms with Crippen LogP contribution >= 0.6 is 23.4 Å². The number of nitrogens with zero attached hydrogens (tertiary/aromatic N) is 2. The van der Waals surface area contributed by atoms with E-state index in [0.29, 0.717) is 5.56 Å². The van der Waals surface area contributed by atoms with Gasteiger partial charge in [0.05, 0.1) is 6.26 Å². The third-order valence-corrected chi connectivity index (χ3v) is 5.67. The molecule has 0 aliphatic heterocycles. The Hall–Kier alpha value is -2.03.